The molecule has 0 amide bonds. The molecule has 2 aromatic heterocycles. The minimum atomic E-state index is 0.209. The number of nitrogens with zero attached hydrogens (tertiary/aromatic N) is 5. The lowest BCUT2D eigenvalue weighted by atomic mass is 9.96. The van der Waals surface area contributed by atoms with Crippen molar-refractivity contribution in [2.45, 2.75) is 26.3 Å². The Balaban J connectivity index is 1.44. The van der Waals surface area contributed by atoms with Crippen molar-refractivity contribution in [2.24, 2.45) is 0 Å². The number of rotatable bonds is 6. The van der Waals surface area contributed by atoms with Gasteiger partial charge in [0.25, 0.3) is 0 Å². The molecule has 0 atom stereocenters. The lowest BCUT2D eigenvalue weighted by molar-refractivity contribution is 0.212. The van der Waals surface area contributed by atoms with Gasteiger partial charge >= 0.3 is 0 Å². The minimum absolute atomic E-state index is 0.209. The summed E-state index contributed by atoms with van der Waals surface area (Å²) in [4.78, 5) is 10.0. The summed E-state index contributed by atoms with van der Waals surface area (Å²) in [5.41, 5.74) is 9.24. The Morgan fingerprint density at radius 2 is 1.49 bits per heavy atom. The van der Waals surface area contributed by atoms with Crippen LogP contribution in [0.4, 0.5) is 5.82 Å². The molecule has 1 aliphatic rings. The number of piperazine rings is 1. The van der Waals surface area contributed by atoms with Gasteiger partial charge in [0, 0.05) is 31.7 Å². The monoisotopic (exact) mass is 511 g/mol. The number of hydrogen-bond acceptors (Lipinski definition) is 4. The third kappa shape index (κ3) is 4.47. The van der Waals surface area contributed by atoms with Crippen LogP contribution in [0.5, 0.6) is 0 Å². The van der Waals surface area contributed by atoms with E-state index in [1.165, 1.54) is 16.7 Å². The SMILES string of the molecule is C=C(C)Cc1c(C)c(C#N)c2nc3ccccc3n2c1N1CCN(C(c2ccccc2)c2ccccc2)CC1. The molecule has 5 heteroatoms. The molecule has 1 saturated heterocycles. The third-order valence-corrected chi connectivity index (χ3v) is 7.89. The number of anilines is 1. The van der Waals surface area contributed by atoms with Crippen LogP contribution in [0, 0.1) is 18.3 Å². The summed E-state index contributed by atoms with van der Waals surface area (Å²) in [7, 11) is 0. The van der Waals surface area contributed by atoms with Gasteiger partial charge < -0.3 is 4.90 Å². The van der Waals surface area contributed by atoms with Crippen LogP contribution in [0.1, 0.15) is 40.8 Å². The topological polar surface area (TPSA) is 47.6 Å². The van der Waals surface area contributed by atoms with Crippen molar-refractivity contribution in [3.63, 3.8) is 0 Å². The van der Waals surface area contributed by atoms with Gasteiger partial charge in [-0.1, -0.05) is 84.9 Å². The van der Waals surface area contributed by atoms with E-state index < -0.39 is 0 Å². The Kier molecular flexibility index (Phi) is 6.64. The van der Waals surface area contributed by atoms with Crippen LogP contribution in [0.2, 0.25) is 0 Å². The average molecular weight is 512 g/mol. The summed E-state index contributed by atoms with van der Waals surface area (Å²) in [6.45, 7) is 12.0. The van der Waals surface area contributed by atoms with E-state index in [-0.39, 0.29) is 6.04 Å². The fourth-order valence-electron chi connectivity index (χ4n) is 6.09. The predicted octanol–water partition coefficient (Wildman–Crippen LogP) is 6.70. The van der Waals surface area contributed by atoms with Crippen LogP contribution < -0.4 is 4.90 Å². The summed E-state index contributed by atoms with van der Waals surface area (Å²) in [5.74, 6) is 1.15. The first-order chi connectivity index (χ1) is 19.1. The molecule has 0 N–H and O–H groups in total. The summed E-state index contributed by atoms with van der Waals surface area (Å²) in [5, 5.41) is 10.2. The van der Waals surface area contributed by atoms with Crippen LogP contribution in [0.25, 0.3) is 16.7 Å². The van der Waals surface area contributed by atoms with Crippen LogP contribution in [0.3, 0.4) is 0 Å². The number of aromatic nitrogens is 2. The lowest BCUT2D eigenvalue weighted by Crippen LogP contribution is -2.48. The molecule has 6 rings (SSSR count). The molecule has 0 aliphatic carbocycles. The molecule has 5 nitrogen and oxygen atoms in total. The molecule has 39 heavy (non-hydrogen) atoms. The molecular weight excluding hydrogens is 478 g/mol. The zero-order chi connectivity index (χ0) is 26.9. The van der Waals surface area contributed by atoms with Crippen molar-refractivity contribution in [3.8, 4) is 6.07 Å². The lowest BCUT2D eigenvalue weighted by Gasteiger charge is -2.41. The summed E-state index contributed by atoms with van der Waals surface area (Å²) in [6.07, 6.45) is 0.731. The van der Waals surface area contributed by atoms with E-state index in [0.717, 1.165) is 66.2 Å². The molecule has 0 unspecified atom stereocenters. The van der Waals surface area contributed by atoms with Crippen molar-refractivity contribution >= 4 is 22.5 Å². The smallest absolute Gasteiger partial charge is 0.157 e. The second-order valence-electron chi connectivity index (χ2n) is 10.6. The van der Waals surface area contributed by atoms with E-state index >= 15 is 0 Å². The van der Waals surface area contributed by atoms with Gasteiger partial charge in [-0.3, -0.25) is 9.30 Å². The largest absolute Gasteiger partial charge is 0.355 e. The highest BCUT2D eigenvalue weighted by Gasteiger charge is 2.30. The number of para-hydroxylation sites is 2. The maximum absolute atomic E-state index is 10.2. The summed E-state index contributed by atoms with van der Waals surface area (Å²) in [6, 6.07) is 32.5. The first-order valence-electron chi connectivity index (χ1n) is 13.6. The van der Waals surface area contributed by atoms with Crippen LogP contribution in [-0.2, 0) is 6.42 Å². The quantitative estimate of drug-likeness (QED) is 0.238. The van der Waals surface area contributed by atoms with Crippen molar-refractivity contribution in [2.75, 3.05) is 31.1 Å². The number of imidazole rings is 1. The van der Waals surface area contributed by atoms with Gasteiger partial charge in [-0.25, -0.2) is 4.98 Å². The third-order valence-electron chi connectivity index (χ3n) is 7.89. The number of hydrogen-bond donors (Lipinski definition) is 0. The predicted molar refractivity (Wildman–Crippen MR) is 159 cm³/mol. The Morgan fingerprint density at radius 1 is 0.897 bits per heavy atom. The molecule has 3 heterocycles. The van der Waals surface area contributed by atoms with E-state index in [2.05, 4.69) is 107 Å². The second kappa shape index (κ2) is 10.4. The number of pyridine rings is 1. The first kappa shape index (κ1) is 24.9. The number of allylic oxidation sites excluding steroid dienone is 1. The highest BCUT2D eigenvalue weighted by atomic mass is 15.3. The van der Waals surface area contributed by atoms with E-state index in [1.807, 2.05) is 18.2 Å². The average Bonchev–Trinajstić information content (AvgIpc) is 3.34. The maximum atomic E-state index is 10.2. The molecule has 0 spiro atoms. The van der Waals surface area contributed by atoms with Crippen molar-refractivity contribution < 1.29 is 0 Å². The van der Waals surface area contributed by atoms with Crippen molar-refractivity contribution in [1.82, 2.24) is 14.3 Å². The van der Waals surface area contributed by atoms with Crippen molar-refractivity contribution in [3.05, 3.63) is 125 Å². The van der Waals surface area contributed by atoms with E-state index in [1.54, 1.807) is 0 Å². The fraction of sp³-hybridized carbons (Fsp3) is 0.235. The van der Waals surface area contributed by atoms with Gasteiger partial charge in [-0.2, -0.15) is 5.26 Å². The highest BCUT2D eigenvalue weighted by Crippen LogP contribution is 2.36. The van der Waals surface area contributed by atoms with Gasteiger partial charge in [0.05, 0.1) is 22.6 Å². The molecule has 194 valence electrons. The molecule has 0 saturated carbocycles. The Bertz CT molecular complexity index is 1650. The molecule has 1 aliphatic heterocycles. The van der Waals surface area contributed by atoms with Crippen LogP contribution >= 0.6 is 0 Å². The molecule has 0 radical (unpaired) electrons. The molecule has 5 aromatic rings. The molecule has 3 aromatic carbocycles. The first-order valence-corrected chi connectivity index (χ1v) is 13.6. The van der Waals surface area contributed by atoms with Crippen molar-refractivity contribution in [1.29, 1.82) is 5.26 Å². The Labute approximate surface area is 230 Å². The zero-order valence-electron chi connectivity index (χ0n) is 22.6. The number of nitriles is 1. The Hall–Kier alpha value is -4.40. The maximum Gasteiger partial charge on any atom is 0.157 e. The van der Waals surface area contributed by atoms with E-state index in [9.17, 15) is 5.26 Å². The normalized spacial score (nSPS) is 14.3. The van der Waals surface area contributed by atoms with Gasteiger partial charge in [0.15, 0.2) is 5.65 Å². The van der Waals surface area contributed by atoms with Crippen LogP contribution in [-0.4, -0.2) is 40.5 Å². The van der Waals surface area contributed by atoms with Gasteiger partial charge in [-0.15, -0.1) is 0 Å². The summed E-state index contributed by atoms with van der Waals surface area (Å²) < 4.78 is 2.22. The number of fused-ring (bicyclic) bond motifs is 3. The Morgan fingerprint density at radius 3 is 2.08 bits per heavy atom. The zero-order valence-corrected chi connectivity index (χ0v) is 22.6. The van der Waals surface area contributed by atoms with Crippen LogP contribution in [0.15, 0.2) is 97.1 Å². The van der Waals surface area contributed by atoms with E-state index in [4.69, 9.17) is 4.98 Å². The minimum Gasteiger partial charge on any atom is -0.355 e. The fourth-order valence-corrected chi connectivity index (χ4v) is 6.09. The highest BCUT2D eigenvalue weighted by molar-refractivity contribution is 5.86. The van der Waals surface area contributed by atoms with Gasteiger partial charge in [0.1, 0.15) is 11.9 Å². The molecule has 0 bridgehead atoms. The standard InChI is InChI=1S/C34H33N5/c1-24(2)22-28-25(3)29(23-35)33-36-30-16-10-11-17-31(30)39(33)34(28)38-20-18-37(19-21-38)32(26-12-6-4-7-13-26)27-14-8-5-9-15-27/h4-17,32H,1,18-22H2,2-3H3. The van der Waals surface area contributed by atoms with Gasteiger partial charge in [0.2, 0.25) is 0 Å². The second-order valence-corrected chi connectivity index (χ2v) is 10.6. The van der Waals surface area contributed by atoms with Gasteiger partial charge in [-0.05, 0) is 49.1 Å². The molecule has 1 fully saturated rings. The molecular formula is C34H33N5. The number of benzene rings is 3. The van der Waals surface area contributed by atoms with E-state index in [0.29, 0.717) is 5.56 Å². The summed E-state index contributed by atoms with van der Waals surface area (Å²) >= 11 is 0.